The SMILES string of the molecule is CC(C)(C)OC(=O)N1CCCCC12CC(=O)c1ccccc1O2. The van der Waals surface area contributed by atoms with Crippen LogP contribution in [0.25, 0.3) is 0 Å². The van der Waals surface area contributed by atoms with Crippen molar-refractivity contribution in [2.75, 3.05) is 6.54 Å². The van der Waals surface area contributed by atoms with Gasteiger partial charge in [0.1, 0.15) is 11.4 Å². The van der Waals surface area contributed by atoms with Crippen molar-refractivity contribution in [2.45, 2.75) is 57.8 Å². The van der Waals surface area contributed by atoms with E-state index < -0.39 is 17.4 Å². The van der Waals surface area contributed by atoms with E-state index in [2.05, 4.69) is 0 Å². The van der Waals surface area contributed by atoms with Gasteiger partial charge in [-0.3, -0.25) is 9.69 Å². The third-order valence-electron chi connectivity index (χ3n) is 4.23. The van der Waals surface area contributed by atoms with Gasteiger partial charge in [0, 0.05) is 13.0 Å². The highest BCUT2D eigenvalue weighted by Crippen LogP contribution is 2.41. The van der Waals surface area contributed by atoms with E-state index in [-0.39, 0.29) is 12.2 Å². The zero-order valence-electron chi connectivity index (χ0n) is 13.9. The maximum atomic E-state index is 12.6. The molecule has 23 heavy (non-hydrogen) atoms. The highest BCUT2D eigenvalue weighted by atomic mass is 16.6. The molecule has 1 atom stereocenters. The summed E-state index contributed by atoms with van der Waals surface area (Å²) >= 11 is 0. The van der Waals surface area contributed by atoms with Gasteiger partial charge in [0.05, 0.1) is 12.0 Å². The van der Waals surface area contributed by atoms with Crippen molar-refractivity contribution >= 4 is 11.9 Å². The predicted octanol–water partition coefficient (Wildman–Crippen LogP) is 3.77. The summed E-state index contributed by atoms with van der Waals surface area (Å²) in [7, 11) is 0. The van der Waals surface area contributed by atoms with E-state index in [1.54, 1.807) is 17.0 Å². The number of Topliss-reactive ketones (excluding diaryl/α,β-unsaturated/α-hetero) is 1. The van der Waals surface area contributed by atoms with Crippen LogP contribution in [0, 0.1) is 0 Å². The van der Waals surface area contributed by atoms with Crippen molar-refractivity contribution in [1.82, 2.24) is 4.90 Å². The first-order chi connectivity index (χ1) is 10.8. The second-order valence-corrected chi connectivity index (χ2v) is 7.23. The molecule has 0 saturated carbocycles. The summed E-state index contributed by atoms with van der Waals surface area (Å²) in [4.78, 5) is 26.8. The number of piperidine rings is 1. The van der Waals surface area contributed by atoms with Crippen molar-refractivity contribution in [1.29, 1.82) is 0 Å². The van der Waals surface area contributed by atoms with E-state index in [0.29, 0.717) is 24.3 Å². The van der Waals surface area contributed by atoms with Gasteiger partial charge in [-0.15, -0.1) is 0 Å². The molecule has 1 aromatic rings. The summed E-state index contributed by atoms with van der Waals surface area (Å²) < 4.78 is 11.7. The zero-order chi connectivity index (χ0) is 16.7. The first-order valence-corrected chi connectivity index (χ1v) is 8.13. The molecular weight excluding hydrogens is 294 g/mol. The Hall–Kier alpha value is -2.04. The van der Waals surface area contributed by atoms with Crippen LogP contribution in [0.3, 0.4) is 0 Å². The maximum Gasteiger partial charge on any atom is 0.413 e. The fraction of sp³-hybridized carbons (Fsp3) is 0.556. The lowest BCUT2D eigenvalue weighted by Gasteiger charge is -2.48. The van der Waals surface area contributed by atoms with Crippen molar-refractivity contribution < 1.29 is 19.1 Å². The number of para-hydroxylation sites is 1. The second-order valence-electron chi connectivity index (χ2n) is 7.23. The Kier molecular flexibility index (Phi) is 3.82. The molecule has 0 aliphatic carbocycles. The molecule has 5 heteroatoms. The molecule has 1 saturated heterocycles. The Bertz CT molecular complexity index is 634. The van der Waals surface area contributed by atoms with Crippen LogP contribution < -0.4 is 4.74 Å². The lowest BCUT2D eigenvalue weighted by molar-refractivity contribution is -0.110. The van der Waals surface area contributed by atoms with Gasteiger partial charge in [-0.2, -0.15) is 0 Å². The molecule has 1 spiro atoms. The molecule has 2 heterocycles. The van der Waals surface area contributed by atoms with Crippen molar-refractivity contribution in [2.24, 2.45) is 0 Å². The lowest BCUT2D eigenvalue weighted by Crippen LogP contribution is -2.61. The third kappa shape index (κ3) is 3.05. The normalized spacial score (nSPS) is 24.1. The van der Waals surface area contributed by atoms with E-state index in [1.807, 2.05) is 32.9 Å². The van der Waals surface area contributed by atoms with Crippen LogP contribution >= 0.6 is 0 Å². The molecule has 0 aromatic heterocycles. The Morgan fingerprint density at radius 2 is 2.00 bits per heavy atom. The van der Waals surface area contributed by atoms with Gasteiger partial charge in [0.25, 0.3) is 0 Å². The average Bonchev–Trinajstić information content (AvgIpc) is 2.45. The molecule has 3 rings (SSSR count). The number of rotatable bonds is 0. The van der Waals surface area contributed by atoms with Gasteiger partial charge >= 0.3 is 6.09 Å². The van der Waals surface area contributed by atoms with Crippen molar-refractivity contribution in [3.63, 3.8) is 0 Å². The molecule has 1 unspecified atom stereocenters. The summed E-state index contributed by atoms with van der Waals surface area (Å²) in [5.74, 6) is 0.571. The van der Waals surface area contributed by atoms with Crippen LogP contribution in [-0.2, 0) is 4.74 Å². The number of ketones is 1. The fourth-order valence-electron chi connectivity index (χ4n) is 3.25. The molecule has 2 aliphatic heterocycles. The van der Waals surface area contributed by atoms with E-state index in [0.717, 1.165) is 12.8 Å². The monoisotopic (exact) mass is 317 g/mol. The Balaban J connectivity index is 1.92. The van der Waals surface area contributed by atoms with Gasteiger partial charge < -0.3 is 9.47 Å². The van der Waals surface area contributed by atoms with Crippen LogP contribution in [0.2, 0.25) is 0 Å². The number of ether oxygens (including phenoxy) is 2. The summed E-state index contributed by atoms with van der Waals surface area (Å²) in [6, 6.07) is 7.22. The van der Waals surface area contributed by atoms with Crippen LogP contribution in [-0.4, -0.2) is 34.6 Å². The number of hydrogen-bond acceptors (Lipinski definition) is 4. The number of hydrogen-bond donors (Lipinski definition) is 0. The molecule has 1 fully saturated rings. The molecule has 0 bridgehead atoms. The van der Waals surface area contributed by atoms with Crippen LogP contribution in [0.5, 0.6) is 5.75 Å². The van der Waals surface area contributed by atoms with Crippen molar-refractivity contribution in [3.8, 4) is 5.75 Å². The van der Waals surface area contributed by atoms with Gasteiger partial charge in [-0.25, -0.2) is 4.79 Å². The summed E-state index contributed by atoms with van der Waals surface area (Å²) in [5, 5.41) is 0. The number of benzene rings is 1. The number of carbonyl (C=O) groups is 2. The predicted molar refractivity (Wildman–Crippen MR) is 85.5 cm³/mol. The Morgan fingerprint density at radius 1 is 1.26 bits per heavy atom. The zero-order valence-corrected chi connectivity index (χ0v) is 13.9. The van der Waals surface area contributed by atoms with Crippen LogP contribution in [0.1, 0.15) is 56.8 Å². The highest BCUT2D eigenvalue weighted by Gasteiger charge is 2.49. The molecule has 5 nitrogen and oxygen atoms in total. The van der Waals surface area contributed by atoms with E-state index in [1.165, 1.54) is 0 Å². The van der Waals surface area contributed by atoms with E-state index >= 15 is 0 Å². The lowest BCUT2D eigenvalue weighted by atomic mass is 9.88. The Morgan fingerprint density at radius 3 is 2.74 bits per heavy atom. The van der Waals surface area contributed by atoms with Gasteiger partial charge in [-0.05, 0) is 45.7 Å². The van der Waals surface area contributed by atoms with Crippen LogP contribution in [0.15, 0.2) is 24.3 Å². The standard InChI is InChI=1S/C18H23NO4/c1-17(2,3)23-16(21)19-11-7-6-10-18(19)12-14(20)13-8-4-5-9-15(13)22-18/h4-5,8-9H,6-7,10-12H2,1-3H3. The molecule has 124 valence electrons. The molecular formula is C18H23NO4. The largest absolute Gasteiger partial charge is 0.467 e. The quantitative estimate of drug-likeness (QED) is 0.731. The molecule has 1 amide bonds. The minimum atomic E-state index is -0.911. The minimum Gasteiger partial charge on any atom is -0.467 e. The number of nitrogens with zero attached hydrogens (tertiary/aromatic N) is 1. The summed E-state index contributed by atoms with van der Waals surface area (Å²) in [6.45, 7) is 6.06. The van der Waals surface area contributed by atoms with Gasteiger partial charge in [0.2, 0.25) is 0 Å². The first kappa shape index (κ1) is 15.8. The summed E-state index contributed by atoms with van der Waals surface area (Å²) in [5.41, 5.74) is -0.897. The molecule has 0 radical (unpaired) electrons. The van der Waals surface area contributed by atoms with E-state index in [4.69, 9.17) is 9.47 Å². The third-order valence-corrected chi connectivity index (χ3v) is 4.23. The number of fused-ring (bicyclic) bond motifs is 1. The minimum absolute atomic E-state index is 0.0160. The maximum absolute atomic E-state index is 12.6. The van der Waals surface area contributed by atoms with Gasteiger partial charge in [-0.1, -0.05) is 12.1 Å². The molecule has 0 N–H and O–H groups in total. The number of likely N-dealkylation sites (tertiary alicyclic amines) is 1. The first-order valence-electron chi connectivity index (χ1n) is 8.13. The number of carbonyl (C=O) groups excluding carboxylic acids is 2. The van der Waals surface area contributed by atoms with Gasteiger partial charge in [0.15, 0.2) is 11.5 Å². The van der Waals surface area contributed by atoms with E-state index in [9.17, 15) is 9.59 Å². The topological polar surface area (TPSA) is 55.8 Å². The van der Waals surface area contributed by atoms with Crippen molar-refractivity contribution in [3.05, 3.63) is 29.8 Å². The fourth-order valence-corrected chi connectivity index (χ4v) is 3.25. The second kappa shape index (κ2) is 5.55. The molecule has 2 aliphatic rings. The molecule has 1 aromatic carbocycles. The highest BCUT2D eigenvalue weighted by molar-refractivity contribution is 6.00. The smallest absolute Gasteiger partial charge is 0.413 e. The van der Waals surface area contributed by atoms with Crippen LogP contribution in [0.4, 0.5) is 4.79 Å². The Labute approximate surface area is 136 Å². The number of amides is 1. The average molecular weight is 317 g/mol. The summed E-state index contributed by atoms with van der Waals surface area (Å²) in [6.07, 6.45) is 2.23.